The van der Waals surface area contributed by atoms with Crippen molar-refractivity contribution in [1.29, 1.82) is 0 Å². The van der Waals surface area contributed by atoms with Crippen molar-refractivity contribution in [3.63, 3.8) is 0 Å². The third-order valence-electron chi connectivity index (χ3n) is 5.24. The summed E-state index contributed by atoms with van der Waals surface area (Å²) < 4.78 is 0. The van der Waals surface area contributed by atoms with Crippen LogP contribution < -0.4 is 0 Å². The van der Waals surface area contributed by atoms with Gasteiger partial charge in [0.25, 0.3) is 0 Å². The van der Waals surface area contributed by atoms with Crippen LogP contribution in [0, 0.1) is 35.5 Å². The van der Waals surface area contributed by atoms with Crippen LogP contribution in [0.3, 0.4) is 0 Å². The number of nitrogens with zero attached hydrogens (tertiary/aromatic N) is 2. The van der Waals surface area contributed by atoms with E-state index in [0.717, 1.165) is 23.7 Å². The van der Waals surface area contributed by atoms with Crippen LogP contribution in [0.25, 0.3) is 0 Å². The highest BCUT2D eigenvalue weighted by Crippen LogP contribution is 2.43. The van der Waals surface area contributed by atoms with Crippen molar-refractivity contribution < 1.29 is 0 Å². The van der Waals surface area contributed by atoms with Crippen molar-refractivity contribution in [2.75, 3.05) is 0 Å². The normalized spacial score (nSPS) is 48.4. The van der Waals surface area contributed by atoms with Gasteiger partial charge in [-0.25, -0.2) is 0 Å². The van der Waals surface area contributed by atoms with E-state index in [-0.39, 0.29) is 0 Å². The van der Waals surface area contributed by atoms with Crippen molar-refractivity contribution in [3.05, 3.63) is 24.3 Å². The molecule has 6 atom stereocenters. The molecule has 2 fully saturated rings. The minimum atomic E-state index is 0.650. The molecule has 4 rings (SSSR count). The fraction of sp³-hybridized carbons (Fsp3) is 0.625. The average molecular weight is 240 g/mol. The third-order valence-corrected chi connectivity index (χ3v) is 5.24. The molecule has 2 heteroatoms. The Balaban J connectivity index is 1.33. The van der Waals surface area contributed by atoms with E-state index < -0.39 is 0 Å². The van der Waals surface area contributed by atoms with Gasteiger partial charge in [0.15, 0.2) is 0 Å². The predicted molar refractivity (Wildman–Crippen MR) is 74.7 cm³/mol. The van der Waals surface area contributed by atoms with Gasteiger partial charge in [-0.2, -0.15) is 10.2 Å². The van der Waals surface area contributed by atoms with Crippen molar-refractivity contribution in [3.8, 4) is 0 Å². The highest BCUT2D eigenvalue weighted by atomic mass is 15.2. The van der Waals surface area contributed by atoms with E-state index >= 15 is 0 Å². The van der Waals surface area contributed by atoms with Gasteiger partial charge in [-0.15, -0.1) is 0 Å². The Morgan fingerprint density at radius 1 is 0.667 bits per heavy atom. The number of allylic oxidation sites excluding steroid dienone is 4. The molecule has 0 N–H and O–H groups in total. The van der Waals surface area contributed by atoms with Gasteiger partial charge >= 0.3 is 0 Å². The van der Waals surface area contributed by atoms with Gasteiger partial charge in [0.1, 0.15) is 0 Å². The minimum Gasteiger partial charge on any atom is -0.164 e. The fourth-order valence-corrected chi connectivity index (χ4v) is 4.24. The van der Waals surface area contributed by atoms with Crippen molar-refractivity contribution >= 4 is 12.4 Å². The van der Waals surface area contributed by atoms with Crippen molar-refractivity contribution in [2.45, 2.75) is 25.7 Å². The molecule has 0 amide bonds. The van der Waals surface area contributed by atoms with Crippen LogP contribution in [0.15, 0.2) is 34.5 Å². The summed E-state index contributed by atoms with van der Waals surface area (Å²) in [5.41, 5.74) is 0. The highest BCUT2D eigenvalue weighted by Gasteiger charge is 2.35. The van der Waals surface area contributed by atoms with Crippen LogP contribution in [0.5, 0.6) is 0 Å². The summed E-state index contributed by atoms with van der Waals surface area (Å²) in [5, 5.41) is 8.61. The molecule has 2 nitrogen and oxygen atoms in total. The van der Waals surface area contributed by atoms with Crippen LogP contribution in [-0.2, 0) is 0 Å². The molecule has 4 bridgehead atoms. The van der Waals surface area contributed by atoms with Gasteiger partial charge in [0.2, 0.25) is 0 Å². The van der Waals surface area contributed by atoms with Gasteiger partial charge in [0.05, 0.1) is 0 Å². The molecule has 4 aliphatic carbocycles. The lowest BCUT2D eigenvalue weighted by molar-refractivity contribution is 0.589. The lowest BCUT2D eigenvalue weighted by Crippen LogP contribution is -2.09. The zero-order valence-corrected chi connectivity index (χ0v) is 10.7. The average Bonchev–Trinajstić information content (AvgIpc) is 3.13. The molecule has 0 heterocycles. The molecule has 0 spiro atoms. The summed E-state index contributed by atoms with van der Waals surface area (Å²) in [5.74, 6) is 4.45. The van der Waals surface area contributed by atoms with E-state index in [1.54, 1.807) is 0 Å². The van der Waals surface area contributed by atoms with Crippen LogP contribution in [0.4, 0.5) is 0 Å². The summed E-state index contributed by atoms with van der Waals surface area (Å²) >= 11 is 0. The van der Waals surface area contributed by atoms with Gasteiger partial charge in [-0.05, 0) is 49.4 Å². The Morgan fingerprint density at radius 2 is 1.17 bits per heavy atom. The molecule has 0 aromatic heterocycles. The zero-order chi connectivity index (χ0) is 11.9. The van der Waals surface area contributed by atoms with Crippen molar-refractivity contribution in [2.24, 2.45) is 45.7 Å². The van der Waals surface area contributed by atoms with Crippen LogP contribution in [0.1, 0.15) is 25.7 Å². The maximum Gasteiger partial charge on any atom is 0.0307 e. The van der Waals surface area contributed by atoms with Gasteiger partial charge < -0.3 is 0 Å². The predicted octanol–water partition coefficient (Wildman–Crippen LogP) is 3.47. The molecule has 18 heavy (non-hydrogen) atoms. The van der Waals surface area contributed by atoms with E-state index in [4.69, 9.17) is 0 Å². The summed E-state index contributed by atoms with van der Waals surface area (Å²) in [6.07, 6.45) is 18.9. The lowest BCUT2D eigenvalue weighted by atomic mass is 9.95. The first-order valence-corrected chi connectivity index (χ1v) is 7.32. The lowest BCUT2D eigenvalue weighted by Gasteiger charge is -2.12. The first kappa shape index (κ1) is 10.7. The van der Waals surface area contributed by atoms with Gasteiger partial charge in [-0.3, -0.25) is 0 Å². The second-order valence-corrected chi connectivity index (χ2v) is 6.42. The maximum atomic E-state index is 4.31. The molecular formula is C16H20N2. The van der Waals surface area contributed by atoms with Gasteiger partial charge in [-0.1, -0.05) is 24.3 Å². The smallest absolute Gasteiger partial charge is 0.0307 e. The quantitative estimate of drug-likeness (QED) is 0.410. The molecule has 0 aromatic carbocycles. The Kier molecular flexibility index (Phi) is 2.49. The van der Waals surface area contributed by atoms with Gasteiger partial charge in [0, 0.05) is 24.3 Å². The standard InChI is InChI=1S/C16H20N2/c1-3-13-5-11(1)7-15(13)9-17-18-10-16-8-12-2-4-14(16)6-12/h1-4,9-16H,5-8H2. The monoisotopic (exact) mass is 240 g/mol. The van der Waals surface area contributed by atoms with Crippen LogP contribution >= 0.6 is 0 Å². The number of hydrogen-bond acceptors (Lipinski definition) is 2. The maximum absolute atomic E-state index is 4.31. The molecule has 0 radical (unpaired) electrons. The molecule has 4 aliphatic rings. The van der Waals surface area contributed by atoms with Crippen LogP contribution in [-0.4, -0.2) is 12.4 Å². The molecule has 0 saturated heterocycles. The van der Waals surface area contributed by atoms with Crippen LogP contribution in [0.2, 0.25) is 0 Å². The largest absolute Gasteiger partial charge is 0.164 e. The second-order valence-electron chi connectivity index (χ2n) is 6.42. The van der Waals surface area contributed by atoms with Crippen molar-refractivity contribution in [1.82, 2.24) is 0 Å². The van der Waals surface area contributed by atoms with E-state index in [9.17, 15) is 0 Å². The van der Waals surface area contributed by atoms with E-state index in [1.165, 1.54) is 25.7 Å². The molecule has 94 valence electrons. The minimum absolute atomic E-state index is 0.650. The highest BCUT2D eigenvalue weighted by molar-refractivity contribution is 5.66. The first-order chi connectivity index (χ1) is 8.88. The number of rotatable bonds is 3. The molecule has 0 aliphatic heterocycles. The first-order valence-electron chi connectivity index (χ1n) is 7.32. The Bertz CT molecular complexity index is 404. The third kappa shape index (κ3) is 1.79. The summed E-state index contributed by atoms with van der Waals surface area (Å²) in [7, 11) is 0. The summed E-state index contributed by atoms with van der Waals surface area (Å²) in [6.45, 7) is 0. The summed E-state index contributed by atoms with van der Waals surface area (Å²) in [4.78, 5) is 0. The van der Waals surface area contributed by atoms with E-state index in [2.05, 4.69) is 46.9 Å². The summed E-state index contributed by atoms with van der Waals surface area (Å²) in [6, 6.07) is 0. The number of hydrogen-bond donors (Lipinski definition) is 0. The molecule has 0 aromatic rings. The Hall–Kier alpha value is -1.18. The molecule has 2 saturated carbocycles. The molecular weight excluding hydrogens is 220 g/mol. The van der Waals surface area contributed by atoms with E-state index in [1.807, 2.05) is 0 Å². The molecule has 6 unspecified atom stereocenters. The fourth-order valence-electron chi connectivity index (χ4n) is 4.24. The second kappa shape index (κ2) is 4.18. The zero-order valence-electron chi connectivity index (χ0n) is 10.7. The Morgan fingerprint density at radius 3 is 1.50 bits per heavy atom. The Labute approximate surface area is 109 Å². The SMILES string of the molecule is C1=CC2CC1CC2C=NN=CC1CC2C=CC1C2. The van der Waals surface area contributed by atoms with E-state index in [0.29, 0.717) is 11.8 Å². The number of fused-ring (bicyclic) bond motifs is 4. The topological polar surface area (TPSA) is 24.7 Å².